The number of nitrogens with two attached hydrogens (primary N) is 1. The zero-order chi connectivity index (χ0) is 13.8. The Hall–Kier alpha value is -1.33. The van der Waals surface area contributed by atoms with Gasteiger partial charge in [-0.2, -0.15) is 0 Å². The molecule has 0 spiro atoms. The molecule has 5 heteroatoms. The molecule has 4 nitrogen and oxygen atoms in total. The van der Waals surface area contributed by atoms with Gasteiger partial charge in [0, 0.05) is 21.7 Å². The van der Waals surface area contributed by atoms with Crippen LogP contribution in [0, 0.1) is 0 Å². The zero-order valence-electron chi connectivity index (χ0n) is 11.0. The highest BCUT2D eigenvalue weighted by Crippen LogP contribution is 2.30. The number of nitrogens with zero attached hydrogens (tertiary/aromatic N) is 1. The third-order valence-corrected chi connectivity index (χ3v) is 3.04. The summed E-state index contributed by atoms with van der Waals surface area (Å²) in [5.74, 6) is 0.726. The minimum atomic E-state index is 0.209. The van der Waals surface area contributed by atoms with Crippen LogP contribution >= 0.6 is 15.9 Å². The van der Waals surface area contributed by atoms with Gasteiger partial charge in [0.05, 0.1) is 12.7 Å². The molecule has 19 heavy (non-hydrogen) atoms. The number of anilines is 1. The molecule has 1 aromatic heterocycles. The van der Waals surface area contributed by atoms with Crippen LogP contribution in [0.1, 0.15) is 13.8 Å². The van der Waals surface area contributed by atoms with Crippen molar-refractivity contribution in [1.82, 2.24) is 4.98 Å². The number of nitrogen functional groups attached to an aromatic ring is 1. The van der Waals surface area contributed by atoms with Crippen molar-refractivity contribution in [3.05, 3.63) is 28.9 Å². The fourth-order valence-electron chi connectivity index (χ4n) is 1.74. The molecule has 0 aliphatic carbocycles. The first-order chi connectivity index (χ1) is 9.08. The second-order valence-corrected chi connectivity index (χ2v) is 5.39. The molecule has 0 radical (unpaired) electrons. The van der Waals surface area contributed by atoms with Gasteiger partial charge < -0.3 is 15.2 Å². The zero-order valence-corrected chi connectivity index (χ0v) is 12.6. The van der Waals surface area contributed by atoms with E-state index in [1.165, 1.54) is 0 Å². The van der Waals surface area contributed by atoms with Crippen molar-refractivity contribution < 1.29 is 9.47 Å². The number of halogens is 1. The van der Waals surface area contributed by atoms with Crippen molar-refractivity contribution in [2.75, 3.05) is 18.9 Å². The summed E-state index contributed by atoms with van der Waals surface area (Å²) in [7, 11) is 0. The van der Waals surface area contributed by atoms with Crippen LogP contribution < -0.4 is 10.5 Å². The van der Waals surface area contributed by atoms with Gasteiger partial charge in [0.15, 0.2) is 0 Å². The van der Waals surface area contributed by atoms with E-state index in [4.69, 9.17) is 15.2 Å². The van der Waals surface area contributed by atoms with Crippen LogP contribution in [0.2, 0.25) is 0 Å². The first-order valence-corrected chi connectivity index (χ1v) is 6.95. The quantitative estimate of drug-likeness (QED) is 0.676. The lowest BCUT2D eigenvalue weighted by Gasteiger charge is -2.11. The van der Waals surface area contributed by atoms with E-state index in [0.717, 1.165) is 21.1 Å². The summed E-state index contributed by atoms with van der Waals surface area (Å²) in [6.07, 6.45) is 1.94. The molecule has 1 aromatic carbocycles. The monoisotopic (exact) mass is 324 g/mol. The van der Waals surface area contributed by atoms with Crippen LogP contribution in [-0.2, 0) is 4.74 Å². The normalized spacial score (nSPS) is 11.2. The predicted molar refractivity (Wildman–Crippen MR) is 80.4 cm³/mol. The number of rotatable bonds is 5. The fourth-order valence-corrected chi connectivity index (χ4v) is 2.07. The molecule has 102 valence electrons. The van der Waals surface area contributed by atoms with Crippen LogP contribution in [0.3, 0.4) is 0 Å². The first-order valence-electron chi connectivity index (χ1n) is 6.16. The molecule has 0 bridgehead atoms. The minimum Gasteiger partial charge on any atom is -0.489 e. The molecule has 0 atom stereocenters. The number of ether oxygens (including phenoxy) is 2. The first kappa shape index (κ1) is 14.1. The Balaban J connectivity index is 2.17. The Kier molecular flexibility index (Phi) is 4.61. The molecular formula is C14H17BrN2O2. The lowest BCUT2D eigenvalue weighted by atomic mass is 10.2. The summed E-state index contributed by atoms with van der Waals surface area (Å²) in [6.45, 7) is 5.05. The SMILES string of the molecule is CC(C)OCCOc1ccc(N)c2cc(Br)cnc12. The number of fused-ring (bicyclic) bond motifs is 1. The summed E-state index contributed by atoms with van der Waals surface area (Å²) in [4.78, 5) is 4.36. The van der Waals surface area contributed by atoms with E-state index in [9.17, 15) is 0 Å². The van der Waals surface area contributed by atoms with Crippen molar-refractivity contribution >= 4 is 32.5 Å². The summed E-state index contributed by atoms with van der Waals surface area (Å²) < 4.78 is 12.0. The van der Waals surface area contributed by atoms with Crippen molar-refractivity contribution in [2.45, 2.75) is 20.0 Å². The summed E-state index contributed by atoms with van der Waals surface area (Å²) >= 11 is 3.39. The maximum atomic E-state index is 5.95. The standard InChI is InChI=1S/C14H17BrN2O2/c1-9(2)18-5-6-19-13-4-3-12(16)11-7-10(15)8-17-14(11)13/h3-4,7-9H,5-6,16H2,1-2H3. The third-order valence-electron chi connectivity index (χ3n) is 2.61. The number of hydrogen-bond acceptors (Lipinski definition) is 4. The van der Waals surface area contributed by atoms with Crippen molar-refractivity contribution in [2.24, 2.45) is 0 Å². The Morgan fingerprint density at radius 3 is 2.84 bits per heavy atom. The molecule has 0 saturated heterocycles. The molecule has 1 heterocycles. The van der Waals surface area contributed by atoms with E-state index in [1.807, 2.05) is 32.0 Å². The van der Waals surface area contributed by atoms with Crippen molar-refractivity contribution in [3.63, 3.8) is 0 Å². The predicted octanol–water partition coefficient (Wildman–Crippen LogP) is 3.38. The highest BCUT2D eigenvalue weighted by molar-refractivity contribution is 9.10. The number of hydrogen-bond donors (Lipinski definition) is 1. The van der Waals surface area contributed by atoms with Gasteiger partial charge in [-0.25, -0.2) is 0 Å². The second kappa shape index (κ2) is 6.21. The van der Waals surface area contributed by atoms with Crippen LogP contribution in [0.5, 0.6) is 5.75 Å². The Morgan fingerprint density at radius 1 is 1.32 bits per heavy atom. The van der Waals surface area contributed by atoms with Gasteiger partial charge in [-0.05, 0) is 48.0 Å². The van der Waals surface area contributed by atoms with E-state index < -0.39 is 0 Å². The molecule has 0 saturated carbocycles. The molecule has 2 N–H and O–H groups in total. The lowest BCUT2D eigenvalue weighted by molar-refractivity contribution is 0.0555. The maximum Gasteiger partial charge on any atom is 0.145 e. The van der Waals surface area contributed by atoms with E-state index in [0.29, 0.717) is 18.9 Å². The summed E-state index contributed by atoms with van der Waals surface area (Å²) in [6, 6.07) is 5.61. The van der Waals surface area contributed by atoms with Crippen LogP contribution in [0.15, 0.2) is 28.9 Å². The maximum absolute atomic E-state index is 5.95. The van der Waals surface area contributed by atoms with Gasteiger partial charge in [0.25, 0.3) is 0 Å². The Bertz CT molecular complexity index is 573. The van der Waals surface area contributed by atoms with Crippen molar-refractivity contribution in [1.29, 1.82) is 0 Å². The number of benzene rings is 1. The highest BCUT2D eigenvalue weighted by atomic mass is 79.9. The lowest BCUT2D eigenvalue weighted by Crippen LogP contribution is -2.11. The van der Waals surface area contributed by atoms with E-state index >= 15 is 0 Å². The van der Waals surface area contributed by atoms with Gasteiger partial charge in [-0.1, -0.05) is 0 Å². The summed E-state index contributed by atoms with van der Waals surface area (Å²) in [5, 5.41) is 0.886. The molecule has 2 rings (SSSR count). The largest absolute Gasteiger partial charge is 0.489 e. The van der Waals surface area contributed by atoms with E-state index in [1.54, 1.807) is 6.20 Å². The van der Waals surface area contributed by atoms with Gasteiger partial charge >= 0.3 is 0 Å². The van der Waals surface area contributed by atoms with E-state index in [2.05, 4.69) is 20.9 Å². The Morgan fingerprint density at radius 2 is 2.11 bits per heavy atom. The molecule has 0 unspecified atom stereocenters. The van der Waals surface area contributed by atoms with Gasteiger partial charge in [0.1, 0.15) is 17.9 Å². The molecule has 0 fully saturated rings. The Labute approximate surface area is 121 Å². The molecular weight excluding hydrogens is 308 g/mol. The molecule has 0 aliphatic heterocycles. The van der Waals surface area contributed by atoms with Gasteiger partial charge in [-0.15, -0.1) is 0 Å². The van der Waals surface area contributed by atoms with Gasteiger partial charge in [-0.3, -0.25) is 4.98 Å². The number of aromatic nitrogens is 1. The fraction of sp³-hybridized carbons (Fsp3) is 0.357. The molecule has 0 amide bonds. The van der Waals surface area contributed by atoms with Crippen LogP contribution in [-0.4, -0.2) is 24.3 Å². The third kappa shape index (κ3) is 3.58. The van der Waals surface area contributed by atoms with Crippen LogP contribution in [0.4, 0.5) is 5.69 Å². The smallest absolute Gasteiger partial charge is 0.145 e. The highest BCUT2D eigenvalue weighted by Gasteiger charge is 2.07. The van der Waals surface area contributed by atoms with E-state index in [-0.39, 0.29) is 6.10 Å². The molecule has 0 aliphatic rings. The average Bonchev–Trinajstić information content (AvgIpc) is 2.37. The number of pyridine rings is 1. The summed E-state index contributed by atoms with van der Waals surface area (Å²) in [5.41, 5.74) is 7.41. The minimum absolute atomic E-state index is 0.209. The van der Waals surface area contributed by atoms with Gasteiger partial charge in [0.2, 0.25) is 0 Å². The average molecular weight is 325 g/mol. The van der Waals surface area contributed by atoms with Crippen molar-refractivity contribution in [3.8, 4) is 5.75 Å². The molecule has 2 aromatic rings. The topological polar surface area (TPSA) is 57.4 Å². The van der Waals surface area contributed by atoms with Crippen LogP contribution in [0.25, 0.3) is 10.9 Å². The second-order valence-electron chi connectivity index (χ2n) is 4.47.